The lowest BCUT2D eigenvalue weighted by Gasteiger charge is -1.95. The van der Waals surface area contributed by atoms with Crippen LogP contribution in [0.1, 0.15) is 10.5 Å². The topological polar surface area (TPSA) is 86.7 Å². The number of aryl methyl sites for hydroxylation is 1. The van der Waals surface area contributed by atoms with Crippen LogP contribution in [0.15, 0.2) is 12.5 Å². The van der Waals surface area contributed by atoms with Gasteiger partial charge in [-0.15, -0.1) is 0 Å². The van der Waals surface area contributed by atoms with E-state index in [9.17, 15) is 4.79 Å². The smallest absolute Gasteiger partial charge is 0.268 e. The van der Waals surface area contributed by atoms with Gasteiger partial charge in [-0.2, -0.15) is 5.10 Å². The second-order valence-electron chi connectivity index (χ2n) is 2.59. The van der Waals surface area contributed by atoms with E-state index in [-0.39, 0.29) is 5.69 Å². The number of aromatic nitrogens is 4. The van der Waals surface area contributed by atoms with Gasteiger partial charge < -0.3 is 5.73 Å². The van der Waals surface area contributed by atoms with Crippen molar-refractivity contribution < 1.29 is 4.79 Å². The van der Waals surface area contributed by atoms with Crippen LogP contribution in [0.25, 0.3) is 11.0 Å². The first-order chi connectivity index (χ1) is 6.20. The van der Waals surface area contributed by atoms with E-state index in [2.05, 4.69) is 15.1 Å². The normalized spacial score (nSPS) is 10.5. The highest BCUT2D eigenvalue weighted by Crippen LogP contribution is 2.11. The Hall–Kier alpha value is -1.98. The summed E-state index contributed by atoms with van der Waals surface area (Å²) in [5.41, 5.74) is 5.93. The molecule has 0 unspecified atom stereocenters. The molecule has 2 heterocycles. The predicted molar refractivity (Wildman–Crippen MR) is 44.8 cm³/mol. The SMILES string of the molecule is Cn1ncc2c(C(N)=O)ncnc21. The van der Waals surface area contributed by atoms with Crippen LogP contribution in [-0.2, 0) is 7.05 Å². The number of amides is 1. The Morgan fingerprint density at radius 1 is 1.54 bits per heavy atom. The molecule has 0 saturated heterocycles. The molecule has 0 spiro atoms. The van der Waals surface area contributed by atoms with E-state index in [1.54, 1.807) is 11.7 Å². The molecule has 66 valence electrons. The number of primary amides is 1. The van der Waals surface area contributed by atoms with Crippen molar-refractivity contribution in [1.82, 2.24) is 19.7 Å². The summed E-state index contributed by atoms with van der Waals surface area (Å²) in [5, 5.41) is 4.53. The van der Waals surface area contributed by atoms with Crippen LogP contribution in [0.5, 0.6) is 0 Å². The van der Waals surface area contributed by atoms with E-state index in [0.717, 1.165) is 0 Å². The molecule has 0 aliphatic heterocycles. The fourth-order valence-corrected chi connectivity index (χ4v) is 1.16. The van der Waals surface area contributed by atoms with Crippen molar-refractivity contribution >= 4 is 16.9 Å². The standard InChI is InChI=1S/C7H7N5O/c1-12-7-4(2-11-12)5(6(8)13)9-3-10-7/h2-3H,1H3,(H2,8,13). The molecule has 1 amide bonds. The third kappa shape index (κ3) is 1.03. The van der Waals surface area contributed by atoms with Crippen molar-refractivity contribution in [1.29, 1.82) is 0 Å². The van der Waals surface area contributed by atoms with Crippen molar-refractivity contribution in [2.75, 3.05) is 0 Å². The average Bonchev–Trinajstić information content (AvgIpc) is 2.48. The van der Waals surface area contributed by atoms with Gasteiger partial charge in [0.2, 0.25) is 0 Å². The summed E-state index contributed by atoms with van der Waals surface area (Å²) < 4.78 is 1.56. The van der Waals surface area contributed by atoms with Gasteiger partial charge in [-0.3, -0.25) is 9.48 Å². The van der Waals surface area contributed by atoms with E-state index in [4.69, 9.17) is 5.73 Å². The molecule has 0 bridgehead atoms. The van der Waals surface area contributed by atoms with E-state index in [1.165, 1.54) is 12.5 Å². The van der Waals surface area contributed by atoms with Gasteiger partial charge in [-0.1, -0.05) is 0 Å². The molecule has 0 saturated carbocycles. The number of rotatable bonds is 1. The van der Waals surface area contributed by atoms with Crippen LogP contribution in [-0.4, -0.2) is 25.7 Å². The van der Waals surface area contributed by atoms with Gasteiger partial charge in [0, 0.05) is 7.05 Å². The molecule has 6 nitrogen and oxygen atoms in total. The highest BCUT2D eigenvalue weighted by atomic mass is 16.1. The lowest BCUT2D eigenvalue weighted by molar-refractivity contribution is 0.0997. The summed E-state index contributed by atoms with van der Waals surface area (Å²) in [4.78, 5) is 18.7. The largest absolute Gasteiger partial charge is 0.364 e. The Kier molecular flexibility index (Phi) is 1.48. The van der Waals surface area contributed by atoms with Gasteiger partial charge >= 0.3 is 0 Å². The minimum atomic E-state index is -0.569. The van der Waals surface area contributed by atoms with Gasteiger partial charge in [-0.05, 0) is 0 Å². The summed E-state index contributed by atoms with van der Waals surface area (Å²) in [5.74, 6) is -0.569. The van der Waals surface area contributed by atoms with E-state index < -0.39 is 5.91 Å². The van der Waals surface area contributed by atoms with Gasteiger partial charge in [0.15, 0.2) is 5.65 Å². The van der Waals surface area contributed by atoms with Crippen molar-refractivity contribution in [3.05, 3.63) is 18.2 Å². The summed E-state index contributed by atoms with van der Waals surface area (Å²) >= 11 is 0. The molecule has 13 heavy (non-hydrogen) atoms. The maximum atomic E-state index is 10.9. The van der Waals surface area contributed by atoms with Crippen molar-refractivity contribution in [3.8, 4) is 0 Å². The molecule has 6 heteroatoms. The Morgan fingerprint density at radius 3 is 3.00 bits per heavy atom. The van der Waals surface area contributed by atoms with Crippen LogP contribution in [0.4, 0.5) is 0 Å². The van der Waals surface area contributed by atoms with Crippen molar-refractivity contribution in [2.45, 2.75) is 0 Å². The van der Waals surface area contributed by atoms with Crippen LogP contribution in [0.3, 0.4) is 0 Å². The Morgan fingerprint density at radius 2 is 2.31 bits per heavy atom. The number of carbonyl (C=O) groups excluding carboxylic acids is 1. The maximum absolute atomic E-state index is 10.9. The number of hydrogen-bond donors (Lipinski definition) is 1. The number of hydrogen-bond acceptors (Lipinski definition) is 4. The monoisotopic (exact) mass is 177 g/mol. The third-order valence-corrected chi connectivity index (χ3v) is 1.76. The molecule has 0 radical (unpaired) electrons. The zero-order chi connectivity index (χ0) is 9.42. The van der Waals surface area contributed by atoms with Crippen LogP contribution in [0, 0.1) is 0 Å². The number of nitrogens with zero attached hydrogens (tertiary/aromatic N) is 4. The molecule has 0 atom stereocenters. The van der Waals surface area contributed by atoms with Crippen LogP contribution < -0.4 is 5.73 Å². The minimum absolute atomic E-state index is 0.207. The molecule has 0 aliphatic rings. The summed E-state index contributed by atoms with van der Waals surface area (Å²) in [6.45, 7) is 0. The molecule has 2 N–H and O–H groups in total. The fourth-order valence-electron chi connectivity index (χ4n) is 1.16. The van der Waals surface area contributed by atoms with E-state index >= 15 is 0 Å². The predicted octanol–water partition coefficient (Wildman–Crippen LogP) is -0.538. The highest BCUT2D eigenvalue weighted by Gasteiger charge is 2.11. The first-order valence-corrected chi connectivity index (χ1v) is 3.62. The lowest BCUT2D eigenvalue weighted by Crippen LogP contribution is -2.13. The first kappa shape index (κ1) is 7.66. The Balaban J connectivity index is 2.84. The quantitative estimate of drug-likeness (QED) is 0.633. The van der Waals surface area contributed by atoms with Gasteiger partial charge in [-0.25, -0.2) is 9.97 Å². The maximum Gasteiger partial charge on any atom is 0.268 e. The van der Waals surface area contributed by atoms with Crippen molar-refractivity contribution in [2.24, 2.45) is 12.8 Å². The minimum Gasteiger partial charge on any atom is -0.364 e. The zero-order valence-corrected chi connectivity index (χ0v) is 6.93. The number of fused-ring (bicyclic) bond motifs is 1. The molecule has 2 aromatic rings. The van der Waals surface area contributed by atoms with Crippen molar-refractivity contribution in [3.63, 3.8) is 0 Å². The number of carbonyl (C=O) groups is 1. The van der Waals surface area contributed by atoms with Gasteiger partial charge in [0.25, 0.3) is 5.91 Å². The lowest BCUT2D eigenvalue weighted by atomic mass is 10.3. The van der Waals surface area contributed by atoms with Crippen LogP contribution >= 0.6 is 0 Å². The second-order valence-corrected chi connectivity index (χ2v) is 2.59. The Labute approximate surface area is 73.4 Å². The van der Waals surface area contributed by atoms with Crippen LogP contribution in [0.2, 0.25) is 0 Å². The van der Waals surface area contributed by atoms with E-state index in [1.807, 2.05) is 0 Å². The molecule has 0 fully saturated rings. The Bertz CT molecular complexity index is 475. The molecule has 2 aromatic heterocycles. The first-order valence-electron chi connectivity index (χ1n) is 3.62. The third-order valence-electron chi connectivity index (χ3n) is 1.76. The zero-order valence-electron chi connectivity index (χ0n) is 6.93. The molecule has 0 aliphatic carbocycles. The fraction of sp³-hybridized carbons (Fsp3) is 0.143. The average molecular weight is 177 g/mol. The second kappa shape index (κ2) is 2.51. The molecule has 2 rings (SSSR count). The van der Waals surface area contributed by atoms with Gasteiger partial charge in [0.1, 0.15) is 12.0 Å². The summed E-state index contributed by atoms with van der Waals surface area (Å²) in [6.07, 6.45) is 2.82. The van der Waals surface area contributed by atoms with Gasteiger partial charge in [0.05, 0.1) is 11.6 Å². The summed E-state index contributed by atoms with van der Waals surface area (Å²) in [7, 11) is 1.74. The number of nitrogens with two attached hydrogens (primary N) is 1. The highest BCUT2D eigenvalue weighted by molar-refractivity contribution is 6.02. The van der Waals surface area contributed by atoms with E-state index in [0.29, 0.717) is 11.0 Å². The molecule has 0 aromatic carbocycles. The molecular formula is C7H7N5O. The molecular weight excluding hydrogens is 170 g/mol. The summed E-state index contributed by atoms with van der Waals surface area (Å²) in [6, 6.07) is 0.